The van der Waals surface area contributed by atoms with Crippen molar-refractivity contribution in [3.05, 3.63) is 83.2 Å². The molecular weight excluding hydrogens is 386 g/mol. The zero-order chi connectivity index (χ0) is 20.5. The van der Waals surface area contributed by atoms with E-state index in [9.17, 15) is 9.59 Å². The van der Waals surface area contributed by atoms with Gasteiger partial charge in [-0.25, -0.2) is 4.79 Å². The van der Waals surface area contributed by atoms with Crippen molar-refractivity contribution < 1.29 is 19.1 Å². The standard InChI is InChI=1S/C23H21NO4S/c1-27-20-10-6-5-9-18(20)15-24-22(25)16-28-23(26)14-12-19-11-13-21(29-19)17-7-3-2-4-8-17/h2-14H,15-16H2,1H3,(H,24,25)/b14-12+. The lowest BCUT2D eigenvalue weighted by atomic mass is 10.2. The molecule has 3 rings (SSSR count). The minimum absolute atomic E-state index is 0.299. The normalized spacial score (nSPS) is 10.7. The molecule has 0 atom stereocenters. The molecule has 0 aliphatic rings. The lowest BCUT2D eigenvalue weighted by Gasteiger charge is -2.09. The minimum Gasteiger partial charge on any atom is -0.496 e. The average molecular weight is 407 g/mol. The Labute approximate surface area is 173 Å². The number of para-hydroxylation sites is 1. The lowest BCUT2D eigenvalue weighted by molar-refractivity contribution is -0.143. The highest BCUT2D eigenvalue weighted by atomic mass is 32.1. The van der Waals surface area contributed by atoms with Crippen molar-refractivity contribution in [2.75, 3.05) is 13.7 Å². The number of amides is 1. The number of nitrogens with one attached hydrogen (secondary N) is 1. The van der Waals surface area contributed by atoms with Crippen molar-refractivity contribution in [3.63, 3.8) is 0 Å². The predicted octanol–water partition coefficient (Wildman–Crippen LogP) is 4.30. The molecule has 0 radical (unpaired) electrons. The Morgan fingerprint density at radius 1 is 1.00 bits per heavy atom. The number of hydrogen-bond donors (Lipinski definition) is 1. The summed E-state index contributed by atoms with van der Waals surface area (Å²) in [6.45, 7) is -0.0360. The summed E-state index contributed by atoms with van der Waals surface area (Å²) in [5.41, 5.74) is 1.98. The first-order chi connectivity index (χ1) is 14.2. The Hall–Kier alpha value is -3.38. The molecule has 0 saturated carbocycles. The number of rotatable bonds is 8. The first-order valence-corrected chi connectivity index (χ1v) is 9.86. The van der Waals surface area contributed by atoms with Gasteiger partial charge in [0.2, 0.25) is 0 Å². The lowest BCUT2D eigenvalue weighted by Crippen LogP contribution is -2.28. The summed E-state index contributed by atoms with van der Waals surface area (Å²) in [5.74, 6) is -0.245. The fourth-order valence-electron chi connectivity index (χ4n) is 2.63. The van der Waals surface area contributed by atoms with Crippen LogP contribution < -0.4 is 10.1 Å². The summed E-state index contributed by atoms with van der Waals surface area (Å²) in [4.78, 5) is 25.8. The van der Waals surface area contributed by atoms with E-state index in [1.165, 1.54) is 6.08 Å². The van der Waals surface area contributed by atoms with Gasteiger partial charge in [-0.15, -0.1) is 11.3 Å². The van der Waals surface area contributed by atoms with E-state index in [0.717, 1.165) is 20.9 Å². The molecule has 2 aromatic carbocycles. The summed E-state index contributed by atoms with van der Waals surface area (Å²) in [6, 6.07) is 21.4. The Kier molecular flexibility index (Phi) is 7.19. The zero-order valence-electron chi connectivity index (χ0n) is 16.0. The van der Waals surface area contributed by atoms with Crippen LogP contribution in [0, 0.1) is 0 Å². The van der Waals surface area contributed by atoms with E-state index in [-0.39, 0.29) is 12.5 Å². The number of methoxy groups -OCH3 is 1. The molecule has 1 N–H and O–H groups in total. The van der Waals surface area contributed by atoms with Gasteiger partial charge in [0.25, 0.3) is 5.91 Å². The van der Waals surface area contributed by atoms with Crippen LogP contribution in [0.3, 0.4) is 0 Å². The van der Waals surface area contributed by atoms with Crippen LogP contribution in [0.4, 0.5) is 0 Å². The molecular formula is C23H21NO4S. The van der Waals surface area contributed by atoms with Gasteiger partial charge >= 0.3 is 5.97 Å². The number of carbonyl (C=O) groups is 2. The first-order valence-electron chi connectivity index (χ1n) is 9.04. The predicted molar refractivity (Wildman–Crippen MR) is 115 cm³/mol. The van der Waals surface area contributed by atoms with Gasteiger partial charge in [-0.3, -0.25) is 4.79 Å². The second kappa shape index (κ2) is 10.2. The molecule has 148 valence electrons. The van der Waals surface area contributed by atoms with E-state index in [2.05, 4.69) is 5.32 Å². The van der Waals surface area contributed by atoms with Crippen LogP contribution in [0.2, 0.25) is 0 Å². The molecule has 29 heavy (non-hydrogen) atoms. The molecule has 0 fully saturated rings. The van der Waals surface area contributed by atoms with Gasteiger partial charge in [-0.1, -0.05) is 48.5 Å². The smallest absolute Gasteiger partial charge is 0.331 e. The van der Waals surface area contributed by atoms with Crippen LogP contribution in [0.1, 0.15) is 10.4 Å². The molecule has 1 aromatic heterocycles. The van der Waals surface area contributed by atoms with Crippen molar-refractivity contribution in [3.8, 4) is 16.2 Å². The van der Waals surface area contributed by atoms with Crippen molar-refractivity contribution in [1.82, 2.24) is 5.32 Å². The number of esters is 1. The van der Waals surface area contributed by atoms with Crippen LogP contribution in [-0.2, 0) is 20.9 Å². The van der Waals surface area contributed by atoms with Gasteiger partial charge in [0.05, 0.1) is 7.11 Å². The largest absolute Gasteiger partial charge is 0.496 e. The van der Waals surface area contributed by atoms with Crippen LogP contribution in [0.25, 0.3) is 16.5 Å². The molecule has 0 aliphatic carbocycles. The van der Waals surface area contributed by atoms with Gasteiger partial charge in [-0.2, -0.15) is 0 Å². The molecule has 3 aromatic rings. The molecule has 6 heteroatoms. The Bertz CT molecular complexity index is 995. The average Bonchev–Trinajstić information content (AvgIpc) is 3.24. The molecule has 0 aliphatic heterocycles. The third kappa shape index (κ3) is 6.05. The topological polar surface area (TPSA) is 64.6 Å². The van der Waals surface area contributed by atoms with Crippen LogP contribution >= 0.6 is 11.3 Å². The summed E-state index contributed by atoms with van der Waals surface area (Å²) in [7, 11) is 1.57. The summed E-state index contributed by atoms with van der Waals surface area (Å²) in [6.07, 6.45) is 3.01. The van der Waals surface area contributed by atoms with Crippen molar-refractivity contribution in [2.24, 2.45) is 0 Å². The number of carbonyl (C=O) groups excluding carboxylic acids is 2. The molecule has 5 nitrogen and oxygen atoms in total. The summed E-state index contributed by atoms with van der Waals surface area (Å²) >= 11 is 1.58. The van der Waals surface area contributed by atoms with Gasteiger partial charge < -0.3 is 14.8 Å². The van der Waals surface area contributed by atoms with Crippen LogP contribution in [0.15, 0.2) is 72.8 Å². The van der Waals surface area contributed by atoms with Gasteiger partial charge in [0.1, 0.15) is 5.75 Å². The number of thiophene rings is 1. The SMILES string of the molecule is COc1ccccc1CNC(=O)COC(=O)/C=C/c1ccc(-c2ccccc2)s1. The fourth-order valence-corrected chi connectivity index (χ4v) is 3.54. The van der Waals surface area contributed by atoms with Crippen LogP contribution in [0.5, 0.6) is 5.75 Å². The Morgan fingerprint density at radius 2 is 1.76 bits per heavy atom. The molecule has 0 bridgehead atoms. The molecule has 0 unspecified atom stereocenters. The van der Waals surface area contributed by atoms with Crippen LogP contribution in [-0.4, -0.2) is 25.6 Å². The monoisotopic (exact) mass is 407 g/mol. The molecule has 1 amide bonds. The van der Waals surface area contributed by atoms with E-state index in [1.54, 1.807) is 24.5 Å². The van der Waals surface area contributed by atoms with Gasteiger partial charge in [0, 0.05) is 27.9 Å². The van der Waals surface area contributed by atoms with Crippen molar-refractivity contribution in [1.29, 1.82) is 0 Å². The quantitative estimate of drug-likeness (QED) is 0.447. The summed E-state index contributed by atoms with van der Waals surface area (Å²) < 4.78 is 10.2. The third-order valence-corrected chi connectivity index (χ3v) is 5.18. The maximum atomic E-state index is 11.9. The molecule has 1 heterocycles. The van der Waals surface area contributed by atoms with Gasteiger partial charge in [0.15, 0.2) is 6.61 Å². The van der Waals surface area contributed by atoms with E-state index in [4.69, 9.17) is 9.47 Å². The van der Waals surface area contributed by atoms with Gasteiger partial charge in [-0.05, 0) is 29.8 Å². The highest BCUT2D eigenvalue weighted by Crippen LogP contribution is 2.28. The minimum atomic E-state index is -0.563. The number of ether oxygens (including phenoxy) is 2. The molecule has 0 saturated heterocycles. The zero-order valence-corrected chi connectivity index (χ0v) is 16.8. The second-order valence-corrected chi connectivity index (χ2v) is 7.21. The second-order valence-electron chi connectivity index (χ2n) is 6.10. The maximum Gasteiger partial charge on any atom is 0.331 e. The Morgan fingerprint density at radius 3 is 2.55 bits per heavy atom. The van der Waals surface area contributed by atoms with E-state index in [1.807, 2.05) is 66.7 Å². The molecule has 0 spiro atoms. The maximum absolute atomic E-state index is 11.9. The van der Waals surface area contributed by atoms with E-state index >= 15 is 0 Å². The Balaban J connectivity index is 1.45. The van der Waals surface area contributed by atoms with Crippen molar-refractivity contribution in [2.45, 2.75) is 6.54 Å². The third-order valence-electron chi connectivity index (χ3n) is 4.08. The van der Waals surface area contributed by atoms with E-state index < -0.39 is 5.97 Å². The number of hydrogen-bond acceptors (Lipinski definition) is 5. The first kappa shape index (κ1) is 20.4. The van der Waals surface area contributed by atoms with Crippen molar-refractivity contribution >= 4 is 29.3 Å². The van der Waals surface area contributed by atoms with E-state index in [0.29, 0.717) is 12.3 Å². The summed E-state index contributed by atoms with van der Waals surface area (Å²) in [5, 5.41) is 2.71. The number of benzene rings is 2. The fraction of sp³-hybridized carbons (Fsp3) is 0.130. The highest BCUT2D eigenvalue weighted by Gasteiger charge is 2.07. The highest BCUT2D eigenvalue weighted by molar-refractivity contribution is 7.16.